The van der Waals surface area contributed by atoms with Crippen molar-refractivity contribution in [3.63, 3.8) is 0 Å². The number of ether oxygens (including phenoxy) is 1. The zero-order chi connectivity index (χ0) is 18.3. The van der Waals surface area contributed by atoms with Crippen LogP contribution in [0.25, 0.3) is 0 Å². The van der Waals surface area contributed by atoms with Crippen LogP contribution in [-0.4, -0.2) is 87.0 Å². The van der Waals surface area contributed by atoms with E-state index in [1.165, 1.54) is 0 Å². The average Bonchev–Trinajstić information content (AvgIpc) is 3.24. The first kappa shape index (κ1) is 17.5. The number of likely N-dealkylation sites (tertiary alicyclic amines) is 2. The molecule has 8 heteroatoms. The summed E-state index contributed by atoms with van der Waals surface area (Å²) in [5, 5.41) is 0. The second kappa shape index (κ2) is 7.00. The van der Waals surface area contributed by atoms with E-state index in [0.29, 0.717) is 12.6 Å². The molecule has 4 heterocycles. The molecule has 0 saturated carbocycles. The van der Waals surface area contributed by atoms with Crippen molar-refractivity contribution in [1.82, 2.24) is 24.3 Å². The Labute approximate surface area is 153 Å². The molecule has 0 radical (unpaired) electrons. The molecule has 0 aliphatic carbocycles. The van der Waals surface area contributed by atoms with Gasteiger partial charge in [0.25, 0.3) is 0 Å². The van der Waals surface area contributed by atoms with Crippen molar-refractivity contribution in [2.75, 3.05) is 32.8 Å². The molecule has 8 nitrogen and oxygen atoms in total. The largest absolute Gasteiger partial charge is 0.365 e. The first-order chi connectivity index (χ1) is 12.5. The second-order valence-electron chi connectivity index (χ2n) is 7.58. The Hall–Kier alpha value is -1.93. The standard InChI is InChI=1S/C18H27N5O3/c1-13(24)21-6-3-14(4-7-21)22-9-15-16(10-22)26-12-18(25)23(15)11-17-19-5-8-20(17)2/h5,8,14-16H,3-4,6-7,9-12H2,1-2H3/t15-,16+/m1/s1. The van der Waals surface area contributed by atoms with Gasteiger partial charge < -0.3 is 19.1 Å². The van der Waals surface area contributed by atoms with Crippen molar-refractivity contribution in [2.45, 2.75) is 44.5 Å². The van der Waals surface area contributed by atoms with Gasteiger partial charge in [0, 0.05) is 58.6 Å². The number of aryl methyl sites for hydroxylation is 1. The smallest absolute Gasteiger partial charge is 0.249 e. The van der Waals surface area contributed by atoms with Crippen LogP contribution in [0.1, 0.15) is 25.6 Å². The predicted octanol–water partition coefficient (Wildman–Crippen LogP) is -0.157. The van der Waals surface area contributed by atoms with Crippen LogP contribution in [0.4, 0.5) is 0 Å². The highest BCUT2D eigenvalue weighted by Crippen LogP contribution is 2.29. The van der Waals surface area contributed by atoms with E-state index in [1.54, 1.807) is 13.1 Å². The monoisotopic (exact) mass is 361 g/mol. The number of hydrogen-bond acceptors (Lipinski definition) is 5. The molecule has 142 valence electrons. The SMILES string of the molecule is CC(=O)N1CCC(N2C[C@@H]3OCC(=O)N(Cc4nccn4C)[C@@H]3C2)CC1. The van der Waals surface area contributed by atoms with Crippen LogP contribution >= 0.6 is 0 Å². The van der Waals surface area contributed by atoms with Crippen LogP contribution in [0.5, 0.6) is 0 Å². The lowest BCUT2D eigenvalue weighted by Crippen LogP contribution is -2.53. The summed E-state index contributed by atoms with van der Waals surface area (Å²) in [6.07, 6.45) is 5.72. The van der Waals surface area contributed by atoms with Crippen molar-refractivity contribution in [3.05, 3.63) is 18.2 Å². The first-order valence-electron chi connectivity index (χ1n) is 9.39. The fourth-order valence-electron chi connectivity index (χ4n) is 4.45. The third kappa shape index (κ3) is 3.23. The van der Waals surface area contributed by atoms with E-state index < -0.39 is 0 Å². The maximum absolute atomic E-state index is 12.5. The van der Waals surface area contributed by atoms with Crippen molar-refractivity contribution in [3.8, 4) is 0 Å². The molecular weight excluding hydrogens is 334 g/mol. The molecule has 4 rings (SSSR count). The molecule has 3 saturated heterocycles. The molecule has 3 fully saturated rings. The van der Waals surface area contributed by atoms with Crippen LogP contribution in [0.3, 0.4) is 0 Å². The number of hydrogen-bond donors (Lipinski definition) is 0. The molecule has 1 aromatic rings. The van der Waals surface area contributed by atoms with Crippen LogP contribution in [0, 0.1) is 0 Å². The van der Waals surface area contributed by atoms with Gasteiger partial charge in [0.1, 0.15) is 12.4 Å². The molecule has 3 aliphatic rings. The number of morpholine rings is 1. The minimum absolute atomic E-state index is 0.0440. The molecule has 0 spiro atoms. The maximum Gasteiger partial charge on any atom is 0.249 e. The van der Waals surface area contributed by atoms with Gasteiger partial charge in [0.15, 0.2) is 0 Å². The van der Waals surface area contributed by atoms with Crippen LogP contribution in [0.15, 0.2) is 12.4 Å². The van der Waals surface area contributed by atoms with E-state index in [1.807, 2.05) is 27.6 Å². The molecule has 2 amide bonds. The summed E-state index contributed by atoms with van der Waals surface area (Å²) in [5.41, 5.74) is 0. The number of carbonyl (C=O) groups is 2. The lowest BCUT2D eigenvalue weighted by atomic mass is 10.0. The zero-order valence-electron chi connectivity index (χ0n) is 15.5. The number of carbonyl (C=O) groups excluding carboxylic acids is 2. The highest BCUT2D eigenvalue weighted by Gasteiger charge is 2.45. The van der Waals surface area contributed by atoms with Gasteiger partial charge in [0.05, 0.1) is 18.7 Å². The molecule has 3 aliphatic heterocycles. The number of imidazole rings is 1. The molecule has 26 heavy (non-hydrogen) atoms. The molecule has 2 atom stereocenters. The second-order valence-corrected chi connectivity index (χ2v) is 7.58. The van der Waals surface area contributed by atoms with E-state index in [0.717, 1.165) is 44.8 Å². The number of amides is 2. The quantitative estimate of drug-likeness (QED) is 0.748. The van der Waals surface area contributed by atoms with Gasteiger partial charge in [0.2, 0.25) is 11.8 Å². The Kier molecular flexibility index (Phi) is 4.71. The third-order valence-electron chi connectivity index (χ3n) is 6.07. The number of aromatic nitrogens is 2. The molecule has 0 N–H and O–H groups in total. The first-order valence-corrected chi connectivity index (χ1v) is 9.39. The summed E-state index contributed by atoms with van der Waals surface area (Å²) in [4.78, 5) is 34.7. The summed E-state index contributed by atoms with van der Waals surface area (Å²) in [5.74, 6) is 1.10. The Morgan fingerprint density at radius 2 is 2.08 bits per heavy atom. The molecule has 0 bridgehead atoms. The minimum atomic E-state index is 0.0440. The lowest BCUT2D eigenvalue weighted by Gasteiger charge is -2.37. The van der Waals surface area contributed by atoms with Gasteiger partial charge in [-0.3, -0.25) is 14.5 Å². The predicted molar refractivity (Wildman–Crippen MR) is 94.1 cm³/mol. The van der Waals surface area contributed by atoms with Gasteiger partial charge in [-0.15, -0.1) is 0 Å². The summed E-state index contributed by atoms with van der Waals surface area (Å²) in [6, 6.07) is 0.545. The van der Waals surface area contributed by atoms with E-state index in [9.17, 15) is 9.59 Å². The Morgan fingerprint density at radius 1 is 1.31 bits per heavy atom. The van der Waals surface area contributed by atoms with Crippen molar-refractivity contribution < 1.29 is 14.3 Å². The Balaban J connectivity index is 1.42. The van der Waals surface area contributed by atoms with E-state index >= 15 is 0 Å². The summed E-state index contributed by atoms with van der Waals surface area (Å²) < 4.78 is 7.81. The van der Waals surface area contributed by atoms with Crippen molar-refractivity contribution in [2.24, 2.45) is 7.05 Å². The number of fused-ring (bicyclic) bond motifs is 1. The zero-order valence-corrected chi connectivity index (χ0v) is 15.5. The summed E-state index contributed by atoms with van der Waals surface area (Å²) in [6.45, 7) is 5.67. The topological polar surface area (TPSA) is 70.9 Å². The van der Waals surface area contributed by atoms with Crippen molar-refractivity contribution in [1.29, 1.82) is 0 Å². The van der Waals surface area contributed by atoms with Gasteiger partial charge in [-0.1, -0.05) is 0 Å². The van der Waals surface area contributed by atoms with Crippen LogP contribution < -0.4 is 0 Å². The van der Waals surface area contributed by atoms with E-state index in [4.69, 9.17) is 4.74 Å². The number of rotatable bonds is 3. The highest BCUT2D eigenvalue weighted by molar-refractivity contribution is 5.78. The third-order valence-corrected chi connectivity index (χ3v) is 6.07. The Bertz CT molecular complexity index is 682. The van der Waals surface area contributed by atoms with Crippen LogP contribution in [0.2, 0.25) is 0 Å². The normalized spacial score (nSPS) is 27.8. The molecular formula is C18H27N5O3. The van der Waals surface area contributed by atoms with E-state index in [-0.39, 0.29) is 30.6 Å². The van der Waals surface area contributed by atoms with Crippen molar-refractivity contribution >= 4 is 11.8 Å². The Morgan fingerprint density at radius 3 is 2.73 bits per heavy atom. The fraction of sp³-hybridized carbons (Fsp3) is 0.722. The number of piperidine rings is 1. The fourth-order valence-corrected chi connectivity index (χ4v) is 4.45. The van der Waals surface area contributed by atoms with E-state index in [2.05, 4.69) is 9.88 Å². The van der Waals surface area contributed by atoms with Gasteiger partial charge in [-0.05, 0) is 12.8 Å². The number of nitrogens with zero attached hydrogens (tertiary/aromatic N) is 5. The molecule has 0 unspecified atom stereocenters. The molecule has 0 aromatic carbocycles. The van der Waals surface area contributed by atoms with Gasteiger partial charge in [-0.25, -0.2) is 4.98 Å². The summed E-state index contributed by atoms with van der Waals surface area (Å²) in [7, 11) is 1.95. The highest BCUT2D eigenvalue weighted by atomic mass is 16.5. The van der Waals surface area contributed by atoms with Crippen LogP contribution in [-0.2, 0) is 27.9 Å². The molecule has 1 aromatic heterocycles. The van der Waals surface area contributed by atoms with Gasteiger partial charge in [-0.2, -0.15) is 0 Å². The lowest BCUT2D eigenvalue weighted by molar-refractivity contribution is -0.154. The van der Waals surface area contributed by atoms with Gasteiger partial charge >= 0.3 is 0 Å². The summed E-state index contributed by atoms with van der Waals surface area (Å²) >= 11 is 0. The average molecular weight is 361 g/mol. The minimum Gasteiger partial charge on any atom is -0.365 e. The maximum atomic E-state index is 12.5.